The summed E-state index contributed by atoms with van der Waals surface area (Å²) in [6, 6.07) is 13.4. The number of nitrogens with one attached hydrogen (secondary N) is 2. The lowest BCUT2D eigenvalue weighted by Gasteiger charge is -2.13. The summed E-state index contributed by atoms with van der Waals surface area (Å²) in [6.45, 7) is 4.40. The largest absolute Gasteiger partial charge is 0.496 e. The molecule has 0 spiro atoms. The van der Waals surface area contributed by atoms with E-state index in [1.165, 1.54) is 11.3 Å². The Balaban J connectivity index is 1.36. The van der Waals surface area contributed by atoms with Crippen LogP contribution in [0.4, 0.5) is 0 Å². The predicted octanol–water partition coefficient (Wildman–Crippen LogP) is 3.54. The van der Waals surface area contributed by atoms with E-state index in [1.54, 1.807) is 17.7 Å². The molecule has 0 saturated heterocycles. The molecule has 0 aliphatic heterocycles. The lowest BCUT2D eigenvalue weighted by atomic mass is 10.1. The number of carbonyl (C=O) groups is 1. The molecule has 0 radical (unpaired) electrons. The summed E-state index contributed by atoms with van der Waals surface area (Å²) in [5.41, 5.74) is 3.36. The van der Waals surface area contributed by atoms with Crippen LogP contribution in [0.5, 0.6) is 5.75 Å². The minimum Gasteiger partial charge on any atom is -0.496 e. The monoisotopic (exact) mass is 466 g/mol. The first-order valence-corrected chi connectivity index (χ1v) is 11.3. The van der Waals surface area contributed by atoms with Crippen LogP contribution in [0.3, 0.4) is 0 Å². The maximum Gasteiger partial charge on any atom is 0.261 e. The molecule has 2 aromatic carbocycles. The first-order chi connectivity index (χ1) is 15.5. The van der Waals surface area contributed by atoms with Gasteiger partial charge in [0.2, 0.25) is 4.96 Å². The van der Waals surface area contributed by atoms with E-state index < -0.39 is 0 Å². The second-order valence-corrected chi connectivity index (χ2v) is 8.43. The number of methoxy groups -OCH3 is 1. The third kappa shape index (κ3) is 4.46. The summed E-state index contributed by atoms with van der Waals surface area (Å²) >= 11 is 6.79. The fraction of sp³-hybridized carbons (Fsp3) is 0.227. The molecule has 0 bridgehead atoms. The second kappa shape index (κ2) is 9.41. The molecule has 32 heavy (non-hydrogen) atoms. The fourth-order valence-corrected chi connectivity index (χ4v) is 4.29. The van der Waals surface area contributed by atoms with Gasteiger partial charge in [-0.05, 0) is 36.3 Å². The van der Waals surface area contributed by atoms with Gasteiger partial charge in [-0.2, -0.15) is 9.61 Å². The molecule has 0 aliphatic carbocycles. The number of ether oxygens (including phenoxy) is 1. The Labute approximate surface area is 194 Å². The molecule has 0 saturated carbocycles. The Kier molecular flexibility index (Phi) is 6.42. The predicted molar refractivity (Wildman–Crippen MR) is 128 cm³/mol. The van der Waals surface area contributed by atoms with E-state index in [9.17, 15) is 4.79 Å². The van der Waals surface area contributed by atoms with E-state index in [4.69, 9.17) is 17.0 Å². The molecule has 4 rings (SSSR count). The summed E-state index contributed by atoms with van der Waals surface area (Å²) in [7, 11) is 1.54. The van der Waals surface area contributed by atoms with Crippen molar-refractivity contribution in [3.63, 3.8) is 0 Å². The van der Waals surface area contributed by atoms with Gasteiger partial charge in [0.05, 0.1) is 12.7 Å². The molecule has 0 unspecified atom stereocenters. The number of hydrogen-bond acceptors (Lipinski definition) is 7. The van der Waals surface area contributed by atoms with Crippen molar-refractivity contribution in [2.45, 2.75) is 26.8 Å². The van der Waals surface area contributed by atoms with Gasteiger partial charge in [0.25, 0.3) is 5.91 Å². The fourth-order valence-electron chi connectivity index (χ4n) is 3.26. The number of benzene rings is 2. The highest BCUT2D eigenvalue weighted by Crippen LogP contribution is 2.26. The molecule has 0 fully saturated rings. The van der Waals surface area contributed by atoms with Gasteiger partial charge in [-0.3, -0.25) is 10.1 Å². The SMILES string of the molecule is CCc1nnc2sc(-c3ccc(CNC(=S)NC(=O)c4cccc(C)c4OC)cc3)nn12. The van der Waals surface area contributed by atoms with Crippen molar-refractivity contribution in [3.05, 3.63) is 65.0 Å². The summed E-state index contributed by atoms with van der Waals surface area (Å²) < 4.78 is 7.14. The van der Waals surface area contributed by atoms with Crippen LogP contribution in [0.2, 0.25) is 0 Å². The highest BCUT2D eigenvalue weighted by Gasteiger charge is 2.15. The number of aryl methyl sites for hydroxylation is 2. The number of aromatic nitrogens is 4. The minimum absolute atomic E-state index is 0.253. The van der Waals surface area contributed by atoms with Gasteiger partial charge in [0.15, 0.2) is 10.9 Å². The van der Waals surface area contributed by atoms with Crippen LogP contribution in [0.25, 0.3) is 15.5 Å². The van der Waals surface area contributed by atoms with Gasteiger partial charge < -0.3 is 10.1 Å². The Hall–Kier alpha value is -3.37. The Bertz CT molecular complexity index is 1280. The minimum atomic E-state index is -0.312. The summed E-state index contributed by atoms with van der Waals surface area (Å²) in [5, 5.41) is 19.8. The normalized spacial score (nSPS) is 10.8. The maximum absolute atomic E-state index is 12.6. The average molecular weight is 467 g/mol. The van der Waals surface area contributed by atoms with Gasteiger partial charge in [-0.15, -0.1) is 10.2 Å². The van der Waals surface area contributed by atoms with Crippen LogP contribution >= 0.6 is 23.6 Å². The van der Waals surface area contributed by atoms with E-state index in [0.29, 0.717) is 17.9 Å². The molecule has 4 aromatic rings. The number of carbonyl (C=O) groups excluding carboxylic acids is 1. The summed E-state index contributed by atoms with van der Waals surface area (Å²) in [5.74, 6) is 1.08. The van der Waals surface area contributed by atoms with Crippen molar-refractivity contribution in [2.75, 3.05) is 7.11 Å². The van der Waals surface area contributed by atoms with E-state index >= 15 is 0 Å². The van der Waals surface area contributed by atoms with Crippen LogP contribution < -0.4 is 15.4 Å². The molecule has 2 N–H and O–H groups in total. The summed E-state index contributed by atoms with van der Waals surface area (Å²) in [6.07, 6.45) is 0.780. The zero-order chi connectivity index (χ0) is 22.7. The third-order valence-electron chi connectivity index (χ3n) is 4.91. The lowest BCUT2D eigenvalue weighted by molar-refractivity contribution is 0.0973. The summed E-state index contributed by atoms with van der Waals surface area (Å²) in [4.78, 5) is 13.3. The molecule has 1 amide bonds. The van der Waals surface area contributed by atoms with Crippen molar-refractivity contribution in [2.24, 2.45) is 0 Å². The molecular formula is C22H22N6O2S2. The Morgan fingerprint density at radius 3 is 2.69 bits per heavy atom. The number of fused-ring (bicyclic) bond motifs is 1. The van der Waals surface area contributed by atoms with E-state index in [1.807, 2.05) is 50.2 Å². The molecule has 2 aromatic heterocycles. The first-order valence-electron chi connectivity index (χ1n) is 10.0. The smallest absolute Gasteiger partial charge is 0.261 e. The number of amides is 1. The number of hydrogen-bond donors (Lipinski definition) is 2. The van der Waals surface area contributed by atoms with E-state index in [2.05, 4.69) is 25.9 Å². The highest BCUT2D eigenvalue weighted by molar-refractivity contribution is 7.80. The van der Waals surface area contributed by atoms with E-state index in [0.717, 1.165) is 38.9 Å². The van der Waals surface area contributed by atoms with Gasteiger partial charge in [-0.25, -0.2) is 0 Å². The molecule has 0 aliphatic rings. The average Bonchev–Trinajstić information content (AvgIpc) is 3.38. The van der Waals surface area contributed by atoms with Gasteiger partial charge in [0, 0.05) is 18.5 Å². The van der Waals surface area contributed by atoms with Crippen molar-refractivity contribution >= 4 is 39.5 Å². The van der Waals surface area contributed by atoms with Crippen LogP contribution in [0.15, 0.2) is 42.5 Å². The first kappa shape index (κ1) is 21.8. The Morgan fingerprint density at radius 2 is 1.97 bits per heavy atom. The van der Waals surface area contributed by atoms with Crippen molar-refractivity contribution < 1.29 is 9.53 Å². The van der Waals surface area contributed by atoms with Gasteiger partial charge >= 0.3 is 0 Å². The quantitative estimate of drug-likeness (QED) is 0.420. The highest BCUT2D eigenvalue weighted by atomic mass is 32.1. The molecule has 0 atom stereocenters. The number of nitrogens with zero attached hydrogens (tertiary/aromatic N) is 4. The zero-order valence-corrected chi connectivity index (χ0v) is 19.5. The molecule has 10 heteroatoms. The van der Waals surface area contributed by atoms with Gasteiger partial charge in [-0.1, -0.05) is 54.7 Å². The third-order valence-corrected chi connectivity index (χ3v) is 6.11. The molecular weight excluding hydrogens is 444 g/mol. The maximum atomic E-state index is 12.6. The molecule has 164 valence electrons. The lowest BCUT2D eigenvalue weighted by Crippen LogP contribution is -2.39. The van der Waals surface area contributed by atoms with E-state index in [-0.39, 0.29) is 11.0 Å². The molecule has 8 nitrogen and oxygen atoms in total. The number of thiocarbonyl (C=S) groups is 1. The van der Waals surface area contributed by atoms with Crippen LogP contribution in [0, 0.1) is 6.92 Å². The van der Waals surface area contributed by atoms with Crippen molar-refractivity contribution in [1.82, 2.24) is 30.4 Å². The topological polar surface area (TPSA) is 93.4 Å². The standard InChI is InChI=1S/C22H22N6O2S2/c1-4-17-25-26-22-28(17)27-20(32-22)15-10-8-14(9-11-15)12-23-21(31)24-19(29)16-7-5-6-13(2)18(16)30-3/h5-11H,4,12H2,1-3H3,(H2,23,24,29,31). The van der Waals surface area contributed by atoms with Crippen LogP contribution in [-0.4, -0.2) is 37.9 Å². The zero-order valence-electron chi connectivity index (χ0n) is 17.9. The van der Waals surface area contributed by atoms with Gasteiger partial charge in [0.1, 0.15) is 10.8 Å². The van der Waals surface area contributed by atoms with Crippen LogP contribution in [0.1, 0.15) is 34.2 Å². The van der Waals surface area contributed by atoms with Crippen LogP contribution in [-0.2, 0) is 13.0 Å². The van der Waals surface area contributed by atoms with Crippen molar-refractivity contribution in [3.8, 4) is 16.3 Å². The molecule has 2 heterocycles. The second-order valence-electron chi connectivity index (χ2n) is 7.06. The Morgan fingerprint density at radius 1 is 1.19 bits per heavy atom. The number of para-hydroxylation sites is 1. The van der Waals surface area contributed by atoms with Crippen molar-refractivity contribution in [1.29, 1.82) is 0 Å². The number of rotatable bonds is 6.